The predicted octanol–water partition coefficient (Wildman–Crippen LogP) is 8.22. The van der Waals surface area contributed by atoms with Gasteiger partial charge in [0.1, 0.15) is 5.58 Å². The first-order valence-corrected chi connectivity index (χ1v) is 15.4. The first-order chi connectivity index (χ1) is 19.6. The molecule has 5 heteroatoms. The maximum atomic E-state index is 5.07. The summed E-state index contributed by atoms with van der Waals surface area (Å²) in [6.45, 7) is 14.0. The Morgan fingerprint density at radius 1 is 0.610 bits per heavy atom. The monoisotopic (exact) mass is 562 g/mol. The van der Waals surface area contributed by atoms with Crippen molar-refractivity contribution in [1.82, 2.24) is 5.32 Å². The zero-order chi connectivity index (χ0) is 29.6. The van der Waals surface area contributed by atoms with Gasteiger partial charge in [0, 0.05) is 13.5 Å². The fourth-order valence-electron chi connectivity index (χ4n) is 3.69. The van der Waals surface area contributed by atoms with E-state index < -0.39 is 7.92 Å². The summed E-state index contributed by atoms with van der Waals surface area (Å²) in [5.74, 6) is 0. The van der Waals surface area contributed by atoms with Gasteiger partial charge in [-0.05, 0) is 63.3 Å². The van der Waals surface area contributed by atoms with Gasteiger partial charge in [-0.1, -0.05) is 121 Å². The van der Waals surface area contributed by atoms with Crippen LogP contribution in [-0.2, 0) is 13.1 Å². The van der Waals surface area contributed by atoms with Crippen molar-refractivity contribution in [3.8, 4) is 0 Å². The van der Waals surface area contributed by atoms with Gasteiger partial charge in [0.05, 0.1) is 24.6 Å². The van der Waals surface area contributed by atoms with Crippen LogP contribution in [0.1, 0.15) is 52.7 Å². The van der Waals surface area contributed by atoms with Gasteiger partial charge in [0.15, 0.2) is 0 Å². The van der Waals surface area contributed by atoms with Gasteiger partial charge in [0.25, 0.3) is 0 Å². The number of amidine groups is 1. The van der Waals surface area contributed by atoms with Crippen LogP contribution in [0.2, 0.25) is 0 Å². The summed E-state index contributed by atoms with van der Waals surface area (Å²) in [5, 5.41) is 6.32. The van der Waals surface area contributed by atoms with E-state index in [9.17, 15) is 0 Å². The summed E-state index contributed by atoms with van der Waals surface area (Å²) < 4.78 is 0. The average molecular weight is 563 g/mol. The zero-order valence-corrected chi connectivity index (χ0v) is 26.1. The van der Waals surface area contributed by atoms with E-state index in [0.29, 0.717) is 13.1 Å². The Balaban J connectivity index is 0.000000278. The SMILES string of the molecule is CC(C)(C)N=C=NCc1ccccc1.CC(C)(C)NC(=NCc1ccccc1)P(c1ccccc1)c1ccccc1. The van der Waals surface area contributed by atoms with Crippen molar-refractivity contribution < 1.29 is 0 Å². The molecule has 0 atom stereocenters. The maximum Gasteiger partial charge on any atom is 0.129 e. The van der Waals surface area contributed by atoms with E-state index in [0.717, 1.165) is 5.58 Å². The molecule has 1 N–H and O–H groups in total. The third-order valence-corrected chi connectivity index (χ3v) is 7.85. The highest BCUT2D eigenvalue weighted by Crippen LogP contribution is 2.35. The van der Waals surface area contributed by atoms with Crippen LogP contribution in [0.25, 0.3) is 0 Å². The Hall–Kier alpha value is -3.84. The van der Waals surface area contributed by atoms with Crippen LogP contribution in [-0.4, -0.2) is 22.7 Å². The van der Waals surface area contributed by atoms with Crippen LogP contribution in [0, 0.1) is 0 Å². The second-order valence-electron chi connectivity index (χ2n) is 11.7. The predicted molar refractivity (Wildman–Crippen MR) is 179 cm³/mol. The van der Waals surface area contributed by atoms with Crippen LogP contribution in [0.3, 0.4) is 0 Å². The summed E-state index contributed by atoms with van der Waals surface area (Å²) in [7, 11) is -0.736. The van der Waals surface area contributed by atoms with Gasteiger partial charge in [-0.15, -0.1) is 0 Å². The number of nitrogens with one attached hydrogen (secondary N) is 1. The zero-order valence-electron chi connectivity index (χ0n) is 25.3. The van der Waals surface area contributed by atoms with Gasteiger partial charge in [-0.2, -0.15) is 0 Å². The molecule has 4 aromatic carbocycles. The molecule has 0 radical (unpaired) electrons. The third-order valence-electron chi connectivity index (χ3n) is 5.54. The van der Waals surface area contributed by atoms with Crippen molar-refractivity contribution in [2.45, 2.75) is 65.7 Å². The summed E-state index contributed by atoms with van der Waals surface area (Å²) in [6.07, 6.45) is 0. The Bertz CT molecular complexity index is 1340. The first kappa shape index (κ1) is 31.7. The average Bonchev–Trinajstić information content (AvgIpc) is 2.96. The van der Waals surface area contributed by atoms with Gasteiger partial charge >= 0.3 is 0 Å². The van der Waals surface area contributed by atoms with Crippen molar-refractivity contribution in [2.24, 2.45) is 15.0 Å². The lowest BCUT2D eigenvalue weighted by Gasteiger charge is -2.29. The molecule has 0 aliphatic rings. The second-order valence-corrected chi connectivity index (χ2v) is 13.8. The van der Waals surface area contributed by atoms with Crippen molar-refractivity contribution in [3.05, 3.63) is 132 Å². The van der Waals surface area contributed by atoms with Gasteiger partial charge in [-0.3, -0.25) is 4.99 Å². The minimum Gasteiger partial charge on any atom is -0.365 e. The normalized spacial score (nSPS) is 11.6. The Labute approximate surface area is 248 Å². The third kappa shape index (κ3) is 12.5. The smallest absolute Gasteiger partial charge is 0.129 e. The lowest BCUT2D eigenvalue weighted by atomic mass is 10.1. The minimum absolute atomic E-state index is 0.0559. The maximum absolute atomic E-state index is 5.07. The van der Waals surface area contributed by atoms with Crippen LogP contribution < -0.4 is 15.9 Å². The molecule has 0 aromatic heterocycles. The number of rotatable bonds is 7. The van der Waals surface area contributed by atoms with Crippen LogP contribution >= 0.6 is 7.92 Å². The van der Waals surface area contributed by atoms with Crippen molar-refractivity contribution in [1.29, 1.82) is 0 Å². The molecule has 4 rings (SSSR count). The Morgan fingerprint density at radius 3 is 1.44 bits per heavy atom. The molecule has 0 amide bonds. The van der Waals surface area contributed by atoms with E-state index in [2.05, 4.69) is 127 Å². The molecule has 0 saturated carbocycles. The Morgan fingerprint density at radius 2 is 1.02 bits per heavy atom. The van der Waals surface area contributed by atoms with Gasteiger partial charge in [-0.25, -0.2) is 9.98 Å². The topological polar surface area (TPSA) is 49.1 Å². The molecule has 0 unspecified atom stereocenters. The van der Waals surface area contributed by atoms with Crippen molar-refractivity contribution in [2.75, 3.05) is 0 Å². The molecule has 41 heavy (non-hydrogen) atoms. The summed E-state index contributed by atoms with van der Waals surface area (Å²) in [6, 6.07) is 44.7. The highest BCUT2D eigenvalue weighted by molar-refractivity contribution is 7.88. The molecule has 0 saturated heterocycles. The standard InChI is InChI=1S/C24H27N2P.C12H16N2/c1-24(2,3)26-23(25-19-20-13-7-4-8-14-20)27(21-15-9-5-10-16-21)22-17-11-6-12-18-22;1-12(2,3)14-10-13-9-11-7-5-4-6-8-11/h4-18H,19H2,1-3H3,(H,25,26);4-8H,9H2,1-3H3. The number of hydrogen-bond acceptors (Lipinski definition) is 3. The molecule has 4 aromatic rings. The quantitative estimate of drug-likeness (QED) is 0.138. The molecule has 0 aliphatic heterocycles. The van der Waals surface area contributed by atoms with E-state index in [1.54, 1.807) is 0 Å². The van der Waals surface area contributed by atoms with Crippen LogP contribution in [0.5, 0.6) is 0 Å². The van der Waals surface area contributed by atoms with Gasteiger partial charge < -0.3 is 5.32 Å². The summed E-state index contributed by atoms with van der Waals surface area (Å²) >= 11 is 0. The molecule has 0 bridgehead atoms. The lowest BCUT2D eigenvalue weighted by molar-refractivity contribution is 0.514. The van der Waals surface area contributed by atoms with E-state index in [4.69, 9.17) is 4.99 Å². The molecule has 0 fully saturated rings. The van der Waals surface area contributed by atoms with Gasteiger partial charge in [0.2, 0.25) is 0 Å². The number of hydrogen-bond donors (Lipinski definition) is 1. The second kappa shape index (κ2) is 15.8. The first-order valence-electron chi connectivity index (χ1n) is 14.0. The van der Waals surface area contributed by atoms with Crippen LogP contribution in [0.15, 0.2) is 136 Å². The summed E-state index contributed by atoms with van der Waals surface area (Å²) in [5.41, 5.74) is 3.34. The van der Waals surface area contributed by atoms with Crippen molar-refractivity contribution >= 4 is 30.1 Å². The molecule has 0 heterocycles. The minimum atomic E-state index is -0.736. The van der Waals surface area contributed by atoms with Crippen LogP contribution in [0.4, 0.5) is 0 Å². The molecule has 0 aliphatic carbocycles. The van der Waals surface area contributed by atoms with E-state index in [1.807, 2.05) is 57.2 Å². The lowest BCUT2D eigenvalue weighted by Crippen LogP contribution is -2.42. The number of nitrogens with zero attached hydrogens (tertiary/aromatic N) is 3. The number of benzene rings is 4. The Kier molecular flexibility index (Phi) is 12.2. The number of aliphatic imine (C=N–C) groups is 3. The molecular weight excluding hydrogens is 519 g/mol. The molecular formula is C36H43N4P. The van der Waals surface area contributed by atoms with E-state index in [-0.39, 0.29) is 11.1 Å². The molecule has 212 valence electrons. The van der Waals surface area contributed by atoms with E-state index in [1.165, 1.54) is 21.7 Å². The summed E-state index contributed by atoms with van der Waals surface area (Å²) in [4.78, 5) is 13.3. The molecule has 0 spiro atoms. The highest BCUT2D eigenvalue weighted by Gasteiger charge is 2.24. The largest absolute Gasteiger partial charge is 0.365 e. The fraction of sp³-hybridized carbons (Fsp3) is 0.278. The van der Waals surface area contributed by atoms with Crippen molar-refractivity contribution in [3.63, 3.8) is 0 Å². The van der Waals surface area contributed by atoms with E-state index >= 15 is 0 Å². The fourth-order valence-corrected chi connectivity index (χ4v) is 6.08. The highest BCUT2D eigenvalue weighted by atomic mass is 31.1. The molecule has 4 nitrogen and oxygen atoms in total.